The van der Waals surface area contributed by atoms with E-state index in [0.29, 0.717) is 11.5 Å². The van der Waals surface area contributed by atoms with Crippen molar-refractivity contribution in [2.75, 3.05) is 18.0 Å². The number of nitrogens with zero attached hydrogens (tertiary/aromatic N) is 5. The highest BCUT2D eigenvalue weighted by Gasteiger charge is 2.28. The molecule has 4 heterocycles. The van der Waals surface area contributed by atoms with E-state index in [-0.39, 0.29) is 11.6 Å². The van der Waals surface area contributed by atoms with Gasteiger partial charge >= 0.3 is 0 Å². The van der Waals surface area contributed by atoms with Gasteiger partial charge < -0.3 is 15.3 Å². The fourth-order valence-corrected chi connectivity index (χ4v) is 3.45. The Kier molecular flexibility index (Phi) is 4.86. The molecule has 146 valence electrons. The Morgan fingerprint density at radius 1 is 1.39 bits per heavy atom. The molecule has 1 aliphatic heterocycles. The molecule has 0 aromatic carbocycles. The number of aliphatic hydroxyl groups is 1. The van der Waals surface area contributed by atoms with Crippen molar-refractivity contribution in [3.8, 4) is 0 Å². The molecule has 0 radical (unpaired) electrons. The van der Waals surface area contributed by atoms with E-state index in [2.05, 4.69) is 20.4 Å². The Morgan fingerprint density at radius 2 is 2.25 bits per heavy atom. The molecule has 1 fully saturated rings. The number of alkyl halides is 1. The summed E-state index contributed by atoms with van der Waals surface area (Å²) in [7, 11) is 0. The lowest BCUT2D eigenvalue weighted by Gasteiger charge is -2.26. The summed E-state index contributed by atoms with van der Waals surface area (Å²) in [6.45, 7) is 0.213. The largest absolute Gasteiger partial charge is 0.363 e. The Bertz CT molecular complexity index is 1010. The fraction of sp³-hybridized carbons (Fsp3) is 0.333. The zero-order chi connectivity index (χ0) is 19.7. The van der Waals surface area contributed by atoms with Gasteiger partial charge in [0, 0.05) is 18.9 Å². The van der Waals surface area contributed by atoms with Gasteiger partial charge in [0.2, 0.25) is 6.36 Å². The minimum Gasteiger partial charge on any atom is -0.363 e. The van der Waals surface area contributed by atoms with Crippen LogP contribution in [0.5, 0.6) is 0 Å². The van der Waals surface area contributed by atoms with Crippen molar-refractivity contribution in [3.05, 3.63) is 53.9 Å². The number of hydrogen-bond donors (Lipinski definition) is 2. The second kappa shape index (κ2) is 7.47. The van der Waals surface area contributed by atoms with E-state index in [1.165, 1.54) is 23.0 Å². The van der Waals surface area contributed by atoms with Crippen molar-refractivity contribution in [1.29, 1.82) is 0 Å². The smallest absolute Gasteiger partial charge is 0.256 e. The Balaban J connectivity index is 1.65. The first-order valence-electron chi connectivity index (χ1n) is 8.85. The van der Waals surface area contributed by atoms with E-state index in [0.717, 1.165) is 24.9 Å². The van der Waals surface area contributed by atoms with Crippen LogP contribution in [0.15, 0.2) is 36.9 Å². The normalized spacial score (nSPS) is 17.8. The van der Waals surface area contributed by atoms with Gasteiger partial charge in [-0.1, -0.05) is 0 Å². The van der Waals surface area contributed by atoms with Crippen LogP contribution in [-0.4, -0.2) is 50.0 Å². The Morgan fingerprint density at radius 3 is 3.04 bits per heavy atom. The number of pyridine rings is 1. The van der Waals surface area contributed by atoms with E-state index in [4.69, 9.17) is 5.11 Å². The molecule has 8 nitrogen and oxygen atoms in total. The zero-order valence-corrected chi connectivity index (χ0v) is 14.8. The third-order valence-corrected chi connectivity index (χ3v) is 4.69. The van der Waals surface area contributed by atoms with Gasteiger partial charge in [0.05, 0.1) is 25.0 Å². The molecule has 1 unspecified atom stereocenters. The van der Waals surface area contributed by atoms with Gasteiger partial charge in [-0.2, -0.15) is 5.10 Å². The summed E-state index contributed by atoms with van der Waals surface area (Å²) in [6.07, 6.45) is 5.43. The molecule has 3 aromatic rings. The van der Waals surface area contributed by atoms with E-state index in [1.807, 2.05) is 4.90 Å². The molecule has 28 heavy (non-hydrogen) atoms. The number of carbonyl (C=O) groups excluding carboxylic acids is 1. The van der Waals surface area contributed by atoms with Crippen molar-refractivity contribution in [1.82, 2.24) is 24.9 Å². The summed E-state index contributed by atoms with van der Waals surface area (Å²) >= 11 is 0. The summed E-state index contributed by atoms with van der Waals surface area (Å²) < 4.78 is 27.6. The first-order chi connectivity index (χ1) is 13.5. The Hall–Kier alpha value is -3.14. The molecule has 0 bridgehead atoms. The molecule has 0 saturated carbocycles. The highest BCUT2D eigenvalue weighted by atomic mass is 19.1. The molecule has 0 aliphatic carbocycles. The van der Waals surface area contributed by atoms with E-state index < -0.39 is 24.6 Å². The molecule has 0 spiro atoms. The number of anilines is 1. The van der Waals surface area contributed by atoms with Gasteiger partial charge in [0.25, 0.3) is 5.91 Å². The predicted molar refractivity (Wildman–Crippen MR) is 96.0 cm³/mol. The second-order valence-corrected chi connectivity index (χ2v) is 6.54. The molecule has 2 atom stereocenters. The van der Waals surface area contributed by atoms with Crippen LogP contribution >= 0.6 is 0 Å². The standard InChI is InChI=1S/C18H18F2N6O2/c19-12-6-11(7-21-8-12)14-2-1-4-25(14)16-3-5-26-17(24-16)13(9-23-26)18(28)22-10-15(20)27/h3,5-9,14-15,27H,1-2,4,10H2,(H,22,28)/t14-,15?/m1/s1. The van der Waals surface area contributed by atoms with Crippen LogP contribution in [-0.2, 0) is 0 Å². The molecule has 1 aliphatic rings. The quantitative estimate of drug-likeness (QED) is 0.690. The van der Waals surface area contributed by atoms with Crippen LogP contribution in [0.25, 0.3) is 5.65 Å². The zero-order valence-electron chi connectivity index (χ0n) is 14.8. The summed E-state index contributed by atoms with van der Waals surface area (Å²) in [6, 6.07) is 3.17. The number of fused-ring (bicyclic) bond motifs is 1. The second-order valence-electron chi connectivity index (χ2n) is 6.54. The minimum absolute atomic E-state index is 0.0694. The van der Waals surface area contributed by atoms with Gasteiger partial charge in [-0.05, 0) is 30.5 Å². The van der Waals surface area contributed by atoms with Gasteiger partial charge in [-0.25, -0.2) is 18.3 Å². The minimum atomic E-state index is -2.14. The maximum atomic E-state index is 13.6. The number of aromatic nitrogens is 4. The maximum Gasteiger partial charge on any atom is 0.256 e. The molecule has 1 amide bonds. The van der Waals surface area contributed by atoms with E-state index in [9.17, 15) is 13.6 Å². The van der Waals surface area contributed by atoms with Crippen molar-refractivity contribution in [2.24, 2.45) is 0 Å². The third kappa shape index (κ3) is 3.50. The molecule has 10 heteroatoms. The number of amides is 1. The number of aliphatic hydroxyl groups excluding tert-OH is 1. The van der Waals surface area contributed by atoms with Crippen molar-refractivity contribution in [3.63, 3.8) is 0 Å². The van der Waals surface area contributed by atoms with Crippen LogP contribution in [0.3, 0.4) is 0 Å². The van der Waals surface area contributed by atoms with Crippen molar-refractivity contribution >= 4 is 17.4 Å². The van der Waals surface area contributed by atoms with E-state index in [1.54, 1.807) is 18.5 Å². The highest BCUT2D eigenvalue weighted by Crippen LogP contribution is 2.35. The maximum absolute atomic E-state index is 13.6. The average molecular weight is 388 g/mol. The lowest BCUT2D eigenvalue weighted by atomic mass is 10.1. The summed E-state index contributed by atoms with van der Waals surface area (Å²) in [5, 5.41) is 15.1. The van der Waals surface area contributed by atoms with Gasteiger partial charge in [0.1, 0.15) is 17.2 Å². The van der Waals surface area contributed by atoms with Crippen LogP contribution in [0.4, 0.5) is 14.6 Å². The average Bonchev–Trinajstić information content (AvgIpc) is 3.32. The molecule has 4 rings (SSSR count). The van der Waals surface area contributed by atoms with Crippen LogP contribution in [0.2, 0.25) is 0 Å². The number of carbonyl (C=O) groups is 1. The summed E-state index contributed by atoms with van der Waals surface area (Å²) in [5.41, 5.74) is 1.25. The molecule has 1 saturated heterocycles. The number of rotatable bonds is 5. The van der Waals surface area contributed by atoms with Crippen molar-refractivity contribution in [2.45, 2.75) is 25.2 Å². The Labute approximate surface area is 158 Å². The molecular weight excluding hydrogens is 370 g/mol. The summed E-state index contributed by atoms with van der Waals surface area (Å²) in [5.74, 6) is -0.347. The lowest BCUT2D eigenvalue weighted by Crippen LogP contribution is -2.30. The number of nitrogens with one attached hydrogen (secondary N) is 1. The molecular formula is C18H18F2N6O2. The first kappa shape index (κ1) is 18.2. The van der Waals surface area contributed by atoms with Gasteiger partial charge in [-0.15, -0.1) is 0 Å². The van der Waals surface area contributed by atoms with Crippen LogP contribution in [0, 0.1) is 5.82 Å². The number of hydrogen-bond acceptors (Lipinski definition) is 6. The fourth-order valence-electron chi connectivity index (χ4n) is 3.45. The monoisotopic (exact) mass is 388 g/mol. The molecule has 3 aromatic heterocycles. The molecule has 2 N–H and O–H groups in total. The number of halogens is 2. The third-order valence-electron chi connectivity index (χ3n) is 4.69. The summed E-state index contributed by atoms with van der Waals surface area (Å²) in [4.78, 5) is 22.8. The topological polar surface area (TPSA) is 95.6 Å². The van der Waals surface area contributed by atoms with E-state index >= 15 is 0 Å². The van der Waals surface area contributed by atoms with Crippen LogP contribution < -0.4 is 10.2 Å². The van der Waals surface area contributed by atoms with Gasteiger partial charge in [-0.3, -0.25) is 9.78 Å². The highest BCUT2D eigenvalue weighted by molar-refractivity contribution is 5.99. The van der Waals surface area contributed by atoms with Crippen LogP contribution in [0.1, 0.15) is 34.8 Å². The predicted octanol–water partition coefficient (Wildman–Crippen LogP) is 1.62. The van der Waals surface area contributed by atoms with Gasteiger partial charge in [0.15, 0.2) is 5.65 Å². The first-order valence-corrected chi connectivity index (χ1v) is 8.85. The lowest BCUT2D eigenvalue weighted by molar-refractivity contribution is 0.0406. The van der Waals surface area contributed by atoms with Crippen molar-refractivity contribution < 1.29 is 18.7 Å². The SMILES string of the molecule is O=C(NCC(O)F)c1cnn2ccc(N3CCC[C@@H]3c3cncc(F)c3)nc12.